The van der Waals surface area contributed by atoms with Gasteiger partial charge in [0.05, 0.1) is 10.6 Å². The molecule has 218 valence electrons. The summed E-state index contributed by atoms with van der Waals surface area (Å²) in [5, 5.41) is 3.79. The lowest BCUT2D eigenvalue weighted by Gasteiger charge is -2.34. The van der Waals surface area contributed by atoms with Crippen molar-refractivity contribution in [3.05, 3.63) is 92.9 Å². The van der Waals surface area contributed by atoms with E-state index >= 15 is 0 Å². The third kappa shape index (κ3) is 7.63. The van der Waals surface area contributed by atoms with Crippen LogP contribution in [0.1, 0.15) is 44.6 Å². The smallest absolute Gasteiger partial charge is 0.264 e. The van der Waals surface area contributed by atoms with E-state index in [1.165, 1.54) is 17.0 Å². The number of halogens is 3. The fourth-order valence-corrected chi connectivity index (χ4v) is 7.35. The molecule has 0 radical (unpaired) electrons. The van der Waals surface area contributed by atoms with E-state index in [9.17, 15) is 18.0 Å². The summed E-state index contributed by atoms with van der Waals surface area (Å²) in [5.41, 5.74) is 0.784. The number of hydrogen-bond donors (Lipinski definition) is 1. The Hall–Kier alpha value is -2.59. The summed E-state index contributed by atoms with van der Waals surface area (Å²) in [6.07, 6.45) is 4.17. The lowest BCUT2D eigenvalue weighted by molar-refractivity contribution is -0.140. The quantitative estimate of drug-likeness (QED) is 0.241. The molecule has 2 amide bonds. The van der Waals surface area contributed by atoms with Crippen LogP contribution in [0.3, 0.4) is 0 Å². The number of sulfonamides is 1. The fourth-order valence-electron chi connectivity index (χ4n) is 5.02. The lowest BCUT2D eigenvalue weighted by Crippen LogP contribution is -2.53. The molecule has 0 bridgehead atoms. The number of anilines is 1. The average Bonchev–Trinajstić information content (AvgIpc) is 3.46. The average molecular weight is 681 g/mol. The van der Waals surface area contributed by atoms with Crippen molar-refractivity contribution in [2.45, 2.75) is 62.6 Å². The van der Waals surface area contributed by atoms with Crippen LogP contribution in [0.5, 0.6) is 0 Å². The van der Waals surface area contributed by atoms with E-state index < -0.39 is 28.5 Å². The van der Waals surface area contributed by atoms with Gasteiger partial charge in [0.15, 0.2) is 0 Å². The van der Waals surface area contributed by atoms with Crippen LogP contribution in [-0.2, 0) is 26.2 Å². The van der Waals surface area contributed by atoms with Crippen molar-refractivity contribution in [3.8, 4) is 0 Å². The predicted octanol–water partition coefficient (Wildman–Crippen LogP) is 6.82. The Kier molecular flexibility index (Phi) is 10.7. The molecule has 1 N–H and O–H groups in total. The summed E-state index contributed by atoms with van der Waals surface area (Å²) < 4.78 is 29.5. The zero-order valence-electron chi connectivity index (χ0n) is 22.6. The van der Waals surface area contributed by atoms with Crippen molar-refractivity contribution in [1.82, 2.24) is 10.2 Å². The van der Waals surface area contributed by atoms with Gasteiger partial charge in [-0.25, -0.2) is 8.42 Å². The number of amides is 2. The zero-order chi connectivity index (χ0) is 29.6. The van der Waals surface area contributed by atoms with E-state index in [0.29, 0.717) is 32.2 Å². The summed E-state index contributed by atoms with van der Waals surface area (Å²) in [7, 11) is -4.15. The molecule has 11 heteroatoms. The van der Waals surface area contributed by atoms with Crippen LogP contribution < -0.4 is 9.62 Å². The van der Waals surface area contributed by atoms with Crippen LogP contribution in [0.4, 0.5) is 5.69 Å². The van der Waals surface area contributed by atoms with Gasteiger partial charge in [0, 0.05) is 32.7 Å². The van der Waals surface area contributed by atoms with Crippen molar-refractivity contribution in [2.24, 2.45) is 0 Å². The maximum Gasteiger partial charge on any atom is 0.264 e. The highest BCUT2D eigenvalue weighted by Gasteiger charge is 2.35. The van der Waals surface area contributed by atoms with Crippen molar-refractivity contribution in [3.63, 3.8) is 0 Å². The molecule has 0 aliphatic heterocycles. The first-order valence-corrected chi connectivity index (χ1v) is 16.5. The first-order chi connectivity index (χ1) is 19.6. The minimum Gasteiger partial charge on any atom is -0.352 e. The molecular formula is C30H32BrCl2N3O4S. The van der Waals surface area contributed by atoms with Gasteiger partial charge < -0.3 is 10.2 Å². The standard InChI is InChI=1S/C30H32BrCl2N3O4S/c1-2-28(30(38)34-22-11-6-7-12-22)35(19-25-26(32)16-9-17-27(25)33)29(37)20-36(23-13-8-10-21(31)18-23)41(39,40)24-14-4-3-5-15-24/h3-5,8-10,13-18,22,28H,2,6-7,11-12,19-20H2,1H3,(H,34,38)/t28-/m0/s1. The first kappa shape index (κ1) is 31.3. The molecule has 0 unspecified atom stereocenters. The number of nitrogens with one attached hydrogen (secondary N) is 1. The maximum atomic E-state index is 14.2. The Morgan fingerprint density at radius 2 is 1.61 bits per heavy atom. The number of carbonyl (C=O) groups excluding carboxylic acids is 2. The second kappa shape index (κ2) is 14.1. The molecule has 4 rings (SSSR count). The summed E-state index contributed by atoms with van der Waals surface area (Å²) in [5.74, 6) is -0.843. The molecular weight excluding hydrogens is 649 g/mol. The number of hydrogen-bond acceptors (Lipinski definition) is 4. The minimum atomic E-state index is -4.15. The van der Waals surface area contributed by atoms with E-state index in [1.807, 2.05) is 6.92 Å². The van der Waals surface area contributed by atoms with Crippen LogP contribution in [0, 0.1) is 0 Å². The number of nitrogens with zero attached hydrogens (tertiary/aromatic N) is 2. The van der Waals surface area contributed by atoms with Crippen LogP contribution in [0.2, 0.25) is 10.0 Å². The van der Waals surface area contributed by atoms with Gasteiger partial charge in [0.2, 0.25) is 11.8 Å². The fraction of sp³-hybridized carbons (Fsp3) is 0.333. The van der Waals surface area contributed by atoms with Gasteiger partial charge >= 0.3 is 0 Å². The van der Waals surface area contributed by atoms with Crippen LogP contribution >= 0.6 is 39.1 Å². The van der Waals surface area contributed by atoms with Gasteiger partial charge in [-0.1, -0.05) is 89.2 Å². The summed E-state index contributed by atoms with van der Waals surface area (Å²) in [4.78, 5) is 29.2. The molecule has 3 aromatic rings. The van der Waals surface area contributed by atoms with E-state index in [1.54, 1.807) is 60.7 Å². The third-order valence-electron chi connectivity index (χ3n) is 7.18. The van der Waals surface area contributed by atoms with E-state index in [-0.39, 0.29) is 23.4 Å². The summed E-state index contributed by atoms with van der Waals surface area (Å²) >= 11 is 16.4. The second-order valence-corrected chi connectivity index (χ2v) is 13.5. The Balaban J connectivity index is 1.74. The predicted molar refractivity (Wildman–Crippen MR) is 167 cm³/mol. The number of rotatable bonds is 11. The van der Waals surface area contributed by atoms with Crippen molar-refractivity contribution >= 4 is 66.7 Å². The normalized spacial score (nSPS) is 14.4. The molecule has 0 saturated heterocycles. The molecule has 1 aliphatic rings. The Morgan fingerprint density at radius 1 is 0.976 bits per heavy atom. The molecule has 3 aromatic carbocycles. The van der Waals surface area contributed by atoms with Crippen LogP contribution in [-0.4, -0.2) is 43.8 Å². The van der Waals surface area contributed by atoms with Gasteiger partial charge in [0.1, 0.15) is 12.6 Å². The van der Waals surface area contributed by atoms with E-state index in [4.69, 9.17) is 23.2 Å². The highest BCUT2D eigenvalue weighted by molar-refractivity contribution is 9.10. The van der Waals surface area contributed by atoms with Gasteiger partial charge in [-0.2, -0.15) is 0 Å². The van der Waals surface area contributed by atoms with Crippen LogP contribution in [0.15, 0.2) is 82.2 Å². The molecule has 7 nitrogen and oxygen atoms in total. The summed E-state index contributed by atoms with van der Waals surface area (Å²) in [6.45, 7) is 1.22. The van der Waals surface area contributed by atoms with Crippen LogP contribution in [0.25, 0.3) is 0 Å². The first-order valence-electron chi connectivity index (χ1n) is 13.5. The minimum absolute atomic E-state index is 0.0412. The monoisotopic (exact) mass is 679 g/mol. The molecule has 1 atom stereocenters. The third-order valence-corrected chi connectivity index (χ3v) is 10.2. The maximum absolute atomic E-state index is 14.2. The Labute approximate surface area is 260 Å². The molecule has 0 spiro atoms. The zero-order valence-corrected chi connectivity index (χ0v) is 26.5. The largest absolute Gasteiger partial charge is 0.352 e. The van der Waals surface area contributed by atoms with Crippen molar-refractivity contribution in [1.29, 1.82) is 0 Å². The van der Waals surface area contributed by atoms with Gasteiger partial charge in [0.25, 0.3) is 10.0 Å². The lowest BCUT2D eigenvalue weighted by atomic mass is 10.1. The van der Waals surface area contributed by atoms with Gasteiger partial charge in [-0.15, -0.1) is 0 Å². The Bertz CT molecular complexity index is 1460. The highest BCUT2D eigenvalue weighted by Crippen LogP contribution is 2.30. The number of carbonyl (C=O) groups is 2. The van der Waals surface area contributed by atoms with E-state index in [2.05, 4.69) is 21.2 Å². The molecule has 1 saturated carbocycles. The highest BCUT2D eigenvalue weighted by atomic mass is 79.9. The summed E-state index contributed by atoms with van der Waals surface area (Å²) in [6, 6.07) is 18.9. The number of benzene rings is 3. The molecule has 0 heterocycles. The molecule has 1 aliphatic carbocycles. The van der Waals surface area contributed by atoms with E-state index in [0.717, 1.165) is 30.0 Å². The van der Waals surface area contributed by atoms with Gasteiger partial charge in [-0.3, -0.25) is 13.9 Å². The molecule has 1 fully saturated rings. The second-order valence-electron chi connectivity index (χ2n) is 9.94. The van der Waals surface area contributed by atoms with Crippen molar-refractivity contribution in [2.75, 3.05) is 10.8 Å². The van der Waals surface area contributed by atoms with Crippen molar-refractivity contribution < 1.29 is 18.0 Å². The van der Waals surface area contributed by atoms with Gasteiger partial charge in [-0.05, 0) is 61.7 Å². The molecule has 41 heavy (non-hydrogen) atoms. The molecule has 0 aromatic heterocycles. The topological polar surface area (TPSA) is 86.8 Å². The Morgan fingerprint density at radius 3 is 2.22 bits per heavy atom. The SMILES string of the molecule is CC[C@@H](C(=O)NC1CCCC1)N(Cc1c(Cl)cccc1Cl)C(=O)CN(c1cccc(Br)c1)S(=O)(=O)c1ccccc1.